The second-order valence-electron chi connectivity index (χ2n) is 1.47. The predicted octanol–water partition coefficient (Wildman–Crippen LogP) is -0.937. The molecular weight excluding hydrogens is 122 g/mol. The Morgan fingerprint density at radius 3 is 2.89 bits per heavy atom. The molecule has 0 bridgehead atoms. The molecule has 9 heavy (non-hydrogen) atoms. The molecule has 5 nitrogen and oxygen atoms in total. The molecule has 0 fully saturated rings. The van der Waals surface area contributed by atoms with Crippen LogP contribution in [0.15, 0.2) is 17.1 Å². The Hall–Kier alpha value is -1.52. The molecule has 1 aromatic heterocycles. The number of anilines is 1. The molecule has 0 aromatic carbocycles. The second kappa shape index (κ2) is 1.77. The Balaban J connectivity index is 3.34. The van der Waals surface area contributed by atoms with Gasteiger partial charge in [-0.1, -0.05) is 0 Å². The van der Waals surface area contributed by atoms with E-state index < -0.39 is 5.56 Å². The molecule has 3 N–H and O–H groups in total. The fourth-order valence-electron chi connectivity index (χ4n) is 0.412. The van der Waals surface area contributed by atoms with Gasteiger partial charge in [-0.2, -0.15) is 9.71 Å². The van der Waals surface area contributed by atoms with Crippen LogP contribution in [0.1, 0.15) is 0 Å². The summed E-state index contributed by atoms with van der Waals surface area (Å²) in [7, 11) is 0. The molecule has 0 amide bonds. The third kappa shape index (κ3) is 0.987. The van der Waals surface area contributed by atoms with E-state index in [4.69, 9.17) is 10.9 Å². The molecule has 0 radical (unpaired) electrons. The molecule has 1 aromatic rings. The lowest BCUT2D eigenvalue weighted by Gasteiger charge is -1.95. The van der Waals surface area contributed by atoms with E-state index in [1.54, 1.807) is 0 Å². The van der Waals surface area contributed by atoms with Crippen LogP contribution in [0.25, 0.3) is 0 Å². The predicted molar refractivity (Wildman–Crippen MR) is 30.1 cm³/mol. The maximum Gasteiger partial charge on any atom is 0.274 e. The number of nitrogens with zero attached hydrogens (tertiary/aromatic N) is 2. The third-order valence-corrected chi connectivity index (χ3v) is 0.818. The molecule has 1 rings (SSSR count). The zero-order chi connectivity index (χ0) is 6.85. The number of aromatic nitrogens is 2. The fourth-order valence-corrected chi connectivity index (χ4v) is 0.412. The molecule has 0 spiro atoms. The van der Waals surface area contributed by atoms with Crippen LogP contribution >= 0.6 is 0 Å². The summed E-state index contributed by atoms with van der Waals surface area (Å²) in [5, 5.41) is 8.63. The first-order valence-electron chi connectivity index (χ1n) is 2.24. The minimum Gasteiger partial charge on any atom is -0.426 e. The van der Waals surface area contributed by atoms with Crippen LogP contribution < -0.4 is 11.3 Å². The summed E-state index contributed by atoms with van der Waals surface area (Å²) in [6.07, 6.45) is 1.13. The lowest BCUT2D eigenvalue weighted by Crippen LogP contribution is -2.13. The van der Waals surface area contributed by atoms with Gasteiger partial charge in [-0.15, -0.1) is 0 Å². The first-order chi connectivity index (χ1) is 4.20. The summed E-state index contributed by atoms with van der Waals surface area (Å²) >= 11 is 0. The van der Waals surface area contributed by atoms with E-state index in [0.717, 1.165) is 12.3 Å². The standard InChI is InChI=1S/C4H5N3O2/c5-4-6-3(8)1-2-7(4)9/h1-2,9H,(H2,5,6,8). The molecule has 0 atom stereocenters. The second-order valence-corrected chi connectivity index (χ2v) is 1.47. The third-order valence-electron chi connectivity index (χ3n) is 0.818. The number of nitrogen functional groups attached to an aromatic ring is 1. The molecule has 0 aliphatic heterocycles. The van der Waals surface area contributed by atoms with Crippen molar-refractivity contribution in [3.8, 4) is 0 Å². The van der Waals surface area contributed by atoms with E-state index in [1.165, 1.54) is 0 Å². The van der Waals surface area contributed by atoms with Crippen molar-refractivity contribution in [2.24, 2.45) is 0 Å². The number of hydrogen-bond acceptors (Lipinski definition) is 4. The van der Waals surface area contributed by atoms with Gasteiger partial charge in [-0.05, 0) is 0 Å². The van der Waals surface area contributed by atoms with Crippen LogP contribution in [0.4, 0.5) is 5.95 Å². The molecule has 5 heteroatoms. The fraction of sp³-hybridized carbons (Fsp3) is 0. The van der Waals surface area contributed by atoms with Crippen LogP contribution in [-0.4, -0.2) is 14.9 Å². The average molecular weight is 127 g/mol. The Morgan fingerprint density at radius 2 is 2.44 bits per heavy atom. The summed E-state index contributed by atoms with van der Waals surface area (Å²) in [5.41, 5.74) is 4.56. The number of hydrogen-bond donors (Lipinski definition) is 2. The van der Waals surface area contributed by atoms with Gasteiger partial charge in [0.05, 0.1) is 6.20 Å². The Morgan fingerprint density at radius 1 is 1.78 bits per heavy atom. The van der Waals surface area contributed by atoms with Gasteiger partial charge in [0.1, 0.15) is 0 Å². The normalized spacial score (nSPS) is 9.33. The van der Waals surface area contributed by atoms with E-state index in [-0.39, 0.29) is 5.95 Å². The first kappa shape index (κ1) is 5.61. The lowest BCUT2D eigenvalue weighted by molar-refractivity contribution is 0.187. The van der Waals surface area contributed by atoms with Gasteiger partial charge in [0.25, 0.3) is 5.56 Å². The highest BCUT2D eigenvalue weighted by atomic mass is 16.5. The SMILES string of the molecule is Nc1nc(=O)ccn1O. The molecular formula is C4H5N3O2. The Labute approximate surface area is 50.3 Å². The van der Waals surface area contributed by atoms with Gasteiger partial charge >= 0.3 is 0 Å². The first-order valence-corrected chi connectivity index (χ1v) is 2.24. The van der Waals surface area contributed by atoms with Gasteiger partial charge in [-0.25, -0.2) is 0 Å². The highest BCUT2D eigenvalue weighted by Crippen LogP contribution is 1.85. The minimum absolute atomic E-state index is 0.206. The van der Waals surface area contributed by atoms with Crippen molar-refractivity contribution in [1.82, 2.24) is 9.71 Å². The largest absolute Gasteiger partial charge is 0.426 e. The van der Waals surface area contributed by atoms with Crippen molar-refractivity contribution >= 4 is 5.95 Å². The van der Waals surface area contributed by atoms with Crippen molar-refractivity contribution in [3.63, 3.8) is 0 Å². The molecule has 0 saturated heterocycles. The van der Waals surface area contributed by atoms with E-state index in [9.17, 15) is 4.79 Å². The van der Waals surface area contributed by atoms with Crippen molar-refractivity contribution in [2.75, 3.05) is 5.73 Å². The van der Waals surface area contributed by atoms with Crippen LogP contribution in [-0.2, 0) is 0 Å². The van der Waals surface area contributed by atoms with Gasteiger partial charge < -0.3 is 10.9 Å². The van der Waals surface area contributed by atoms with E-state index >= 15 is 0 Å². The monoisotopic (exact) mass is 127 g/mol. The molecule has 0 saturated carbocycles. The molecule has 0 unspecified atom stereocenters. The number of nitrogens with two attached hydrogens (primary N) is 1. The van der Waals surface area contributed by atoms with E-state index in [2.05, 4.69) is 4.98 Å². The van der Waals surface area contributed by atoms with Crippen molar-refractivity contribution in [3.05, 3.63) is 22.6 Å². The highest BCUT2D eigenvalue weighted by Gasteiger charge is 1.91. The van der Waals surface area contributed by atoms with E-state index in [1.807, 2.05) is 0 Å². The zero-order valence-electron chi connectivity index (χ0n) is 4.48. The van der Waals surface area contributed by atoms with Crippen molar-refractivity contribution < 1.29 is 5.21 Å². The quantitative estimate of drug-likeness (QED) is 0.441. The summed E-state index contributed by atoms with van der Waals surface area (Å²) in [6, 6.07) is 1.11. The summed E-state index contributed by atoms with van der Waals surface area (Å²) in [5.74, 6) is -0.206. The van der Waals surface area contributed by atoms with Crippen molar-refractivity contribution in [2.45, 2.75) is 0 Å². The zero-order valence-corrected chi connectivity index (χ0v) is 4.48. The molecule has 48 valence electrons. The van der Waals surface area contributed by atoms with Gasteiger partial charge in [-0.3, -0.25) is 4.79 Å². The van der Waals surface area contributed by atoms with Crippen LogP contribution in [0.3, 0.4) is 0 Å². The van der Waals surface area contributed by atoms with Gasteiger partial charge in [0.15, 0.2) is 0 Å². The van der Waals surface area contributed by atoms with Crippen LogP contribution in [0.2, 0.25) is 0 Å². The van der Waals surface area contributed by atoms with Crippen LogP contribution in [0.5, 0.6) is 0 Å². The molecule has 1 heterocycles. The number of rotatable bonds is 0. The maximum atomic E-state index is 10.3. The topological polar surface area (TPSA) is 81.1 Å². The smallest absolute Gasteiger partial charge is 0.274 e. The lowest BCUT2D eigenvalue weighted by atomic mass is 10.7. The highest BCUT2D eigenvalue weighted by molar-refractivity contribution is 5.13. The summed E-state index contributed by atoms with van der Waals surface area (Å²) in [4.78, 5) is 13.5. The minimum atomic E-state index is -0.460. The summed E-state index contributed by atoms with van der Waals surface area (Å²) < 4.78 is 0.571. The molecule has 0 aliphatic carbocycles. The van der Waals surface area contributed by atoms with Gasteiger partial charge in [0.2, 0.25) is 5.95 Å². The Bertz CT molecular complexity index is 267. The van der Waals surface area contributed by atoms with Crippen molar-refractivity contribution in [1.29, 1.82) is 0 Å². The maximum absolute atomic E-state index is 10.3. The van der Waals surface area contributed by atoms with E-state index in [0.29, 0.717) is 4.73 Å². The average Bonchev–Trinajstić information content (AvgIpc) is 1.80. The van der Waals surface area contributed by atoms with Crippen LogP contribution in [0, 0.1) is 0 Å². The summed E-state index contributed by atoms with van der Waals surface area (Å²) in [6.45, 7) is 0. The Kier molecular flexibility index (Phi) is 1.11. The van der Waals surface area contributed by atoms with Gasteiger partial charge in [0, 0.05) is 6.07 Å². The molecule has 0 aliphatic rings.